The molecule has 0 aromatic heterocycles. The lowest BCUT2D eigenvalue weighted by molar-refractivity contribution is -0.116. The average molecular weight is 216 g/mol. The van der Waals surface area contributed by atoms with Crippen molar-refractivity contribution in [2.24, 2.45) is 5.92 Å². The standard InChI is InChI=1S/C13H16N2O/c1-3-11-6-4-5-7-12(11)15-13(16)8-10(2)9-14/h4-7,10H,3,8H2,1-2H3,(H,15,16). The van der Waals surface area contributed by atoms with E-state index in [4.69, 9.17) is 5.26 Å². The summed E-state index contributed by atoms with van der Waals surface area (Å²) in [5.74, 6) is -0.344. The van der Waals surface area contributed by atoms with Gasteiger partial charge in [0, 0.05) is 12.1 Å². The molecule has 0 radical (unpaired) electrons. The molecule has 1 rings (SSSR count). The van der Waals surface area contributed by atoms with Gasteiger partial charge in [-0.1, -0.05) is 25.1 Å². The molecule has 1 aromatic rings. The molecular weight excluding hydrogens is 200 g/mol. The normalized spacial score (nSPS) is 11.6. The van der Waals surface area contributed by atoms with Crippen LogP contribution < -0.4 is 5.32 Å². The zero-order valence-electron chi connectivity index (χ0n) is 9.66. The van der Waals surface area contributed by atoms with Crippen LogP contribution in [0.25, 0.3) is 0 Å². The molecule has 1 amide bonds. The summed E-state index contributed by atoms with van der Waals surface area (Å²) in [7, 11) is 0. The van der Waals surface area contributed by atoms with E-state index in [1.54, 1.807) is 6.92 Å². The second-order valence-corrected chi connectivity index (χ2v) is 3.79. The van der Waals surface area contributed by atoms with Crippen molar-refractivity contribution >= 4 is 11.6 Å². The first kappa shape index (κ1) is 12.3. The second kappa shape index (κ2) is 5.92. The maximum atomic E-state index is 11.6. The molecule has 1 aromatic carbocycles. The van der Waals surface area contributed by atoms with E-state index in [0.717, 1.165) is 17.7 Å². The summed E-state index contributed by atoms with van der Waals surface area (Å²) in [6, 6.07) is 9.76. The van der Waals surface area contributed by atoms with Gasteiger partial charge in [0.05, 0.1) is 12.0 Å². The van der Waals surface area contributed by atoms with Crippen molar-refractivity contribution in [3.05, 3.63) is 29.8 Å². The van der Waals surface area contributed by atoms with Gasteiger partial charge in [0.1, 0.15) is 0 Å². The number of para-hydroxylation sites is 1. The molecule has 0 aliphatic rings. The molecule has 0 bridgehead atoms. The lowest BCUT2D eigenvalue weighted by Crippen LogP contribution is -2.15. The van der Waals surface area contributed by atoms with E-state index >= 15 is 0 Å². The molecule has 0 spiro atoms. The Morgan fingerprint density at radius 1 is 1.50 bits per heavy atom. The van der Waals surface area contributed by atoms with Gasteiger partial charge < -0.3 is 5.32 Å². The van der Waals surface area contributed by atoms with E-state index in [-0.39, 0.29) is 18.2 Å². The number of hydrogen-bond acceptors (Lipinski definition) is 2. The van der Waals surface area contributed by atoms with Crippen LogP contribution in [-0.4, -0.2) is 5.91 Å². The van der Waals surface area contributed by atoms with Gasteiger partial charge in [0.15, 0.2) is 0 Å². The summed E-state index contributed by atoms with van der Waals surface area (Å²) in [4.78, 5) is 11.6. The van der Waals surface area contributed by atoms with E-state index in [2.05, 4.69) is 5.32 Å². The third kappa shape index (κ3) is 3.39. The van der Waals surface area contributed by atoms with Crippen LogP contribution in [0.15, 0.2) is 24.3 Å². The highest BCUT2D eigenvalue weighted by Gasteiger charge is 2.09. The highest BCUT2D eigenvalue weighted by atomic mass is 16.1. The van der Waals surface area contributed by atoms with Crippen molar-refractivity contribution in [1.82, 2.24) is 0 Å². The number of aryl methyl sites for hydroxylation is 1. The maximum Gasteiger partial charge on any atom is 0.225 e. The number of benzene rings is 1. The third-order valence-corrected chi connectivity index (χ3v) is 2.38. The van der Waals surface area contributed by atoms with Crippen molar-refractivity contribution < 1.29 is 4.79 Å². The molecule has 0 aliphatic heterocycles. The van der Waals surface area contributed by atoms with E-state index in [1.165, 1.54) is 0 Å². The zero-order valence-corrected chi connectivity index (χ0v) is 9.66. The van der Waals surface area contributed by atoms with Crippen LogP contribution in [-0.2, 0) is 11.2 Å². The van der Waals surface area contributed by atoms with Crippen molar-refractivity contribution in [2.75, 3.05) is 5.32 Å². The molecule has 0 fully saturated rings. The first-order chi connectivity index (χ1) is 7.67. The van der Waals surface area contributed by atoms with Crippen molar-refractivity contribution in [3.63, 3.8) is 0 Å². The Labute approximate surface area is 96.1 Å². The molecule has 1 atom stereocenters. The summed E-state index contributed by atoms with van der Waals surface area (Å²) in [6.07, 6.45) is 1.12. The largest absolute Gasteiger partial charge is 0.326 e. The van der Waals surface area contributed by atoms with E-state index < -0.39 is 0 Å². The van der Waals surface area contributed by atoms with E-state index in [1.807, 2.05) is 37.3 Å². The number of nitriles is 1. The first-order valence-electron chi connectivity index (χ1n) is 5.44. The number of amides is 1. The average Bonchev–Trinajstić information content (AvgIpc) is 2.29. The summed E-state index contributed by atoms with van der Waals surface area (Å²) < 4.78 is 0. The molecule has 3 heteroatoms. The number of carbonyl (C=O) groups excluding carboxylic acids is 1. The Bertz CT molecular complexity index is 407. The van der Waals surface area contributed by atoms with Crippen LogP contribution in [0, 0.1) is 17.2 Å². The van der Waals surface area contributed by atoms with Crippen LogP contribution in [0.4, 0.5) is 5.69 Å². The Balaban J connectivity index is 2.66. The van der Waals surface area contributed by atoms with Gasteiger partial charge >= 0.3 is 0 Å². The minimum Gasteiger partial charge on any atom is -0.326 e. The van der Waals surface area contributed by atoms with Gasteiger partial charge in [0.2, 0.25) is 5.91 Å². The van der Waals surface area contributed by atoms with Crippen LogP contribution in [0.5, 0.6) is 0 Å². The molecule has 3 nitrogen and oxygen atoms in total. The lowest BCUT2D eigenvalue weighted by atomic mass is 10.1. The van der Waals surface area contributed by atoms with Gasteiger partial charge in [-0.3, -0.25) is 4.79 Å². The molecule has 1 N–H and O–H groups in total. The quantitative estimate of drug-likeness (QED) is 0.841. The highest BCUT2D eigenvalue weighted by molar-refractivity contribution is 5.91. The van der Waals surface area contributed by atoms with E-state index in [9.17, 15) is 4.79 Å². The fraction of sp³-hybridized carbons (Fsp3) is 0.385. The Hall–Kier alpha value is -1.82. The van der Waals surface area contributed by atoms with Crippen LogP contribution in [0.3, 0.4) is 0 Å². The molecule has 0 aliphatic carbocycles. The molecule has 0 heterocycles. The van der Waals surface area contributed by atoms with Crippen LogP contribution in [0.2, 0.25) is 0 Å². The third-order valence-electron chi connectivity index (χ3n) is 2.38. The fourth-order valence-corrected chi connectivity index (χ4v) is 1.48. The predicted octanol–water partition coefficient (Wildman–Crippen LogP) is 2.74. The summed E-state index contributed by atoms with van der Waals surface area (Å²) >= 11 is 0. The number of nitrogens with zero attached hydrogens (tertiary/aromatic N) is 1. The molecule has 1 unspecified atom stereocenters. The minimum atomic E-state index is -0.242. The van der Waals surface area contributed by atoms with Gasteiger partial charge in [-0.05, 0) is 25.0 Å². The highest BCUT2D eigenvalue weighted by Crippen LogP contribution is 2.16. The Kier molecular flexibility index (Phi) is 4.53. The number of carbonyl (C=O) groups is 1. The predicted molar refractivity (Wildman–Crippen MR) is 63.8 cm³/mol. The molecule has 84 valence electrons. The van der Waals surface area contributed by atoms with Crippen LogP contribution >= 0.6 is 0 Å². The lowest BCUT2D eigenvalue weighted by Gasteiger charge is -2.09. The molecular formula is C13H16N2O. The maximum absolute atomic E-state index is 11.6. The van der Waals surface area contributed by atoms with Crippen molar-refractivity contribution in [2.45, 2.75) is 26.7 Å². The molecule has 16 heavy (non-hydrogen) atoms. The molecule has 0 saturated carbocycles. The second-order valence-electron chi connectivity index (χ2n) is 3.79. The van der Waals surface area contributed by atoms with E-state index in [0.29, 0.717) is 0 Å². The fourth-order valence-electron chi connectivity index (χ4n) is 1.48. The van der Waals surface area contributed by atoms with Gasteiger partial charge in [-0.25, -0.2) is 0 Å². The minimum absolute atomic E-state index is 0.102. The monoisotopic (exact) mass is 216 g/mol. The number of anilines is 1. The van der Waals surface area contributed by atoms with Gasteiger partial charge in [0.25, 0.3) is 0 Å². The molecule has 0 saturated heterocycles. The Morgan fingerprint density at radius 3 is 2.81 bits per heavy atom. The van der Waals surface area contributed by atoms with Gasteiger partial charge in [-0.2, -0.15) is 5.26 Å². The number of rotatable bonds is 4. The van der Waals surface area contributed by atoms with Crippen molar-refractivity contribution in [1.29, 1.82) is 5.26 Å². The summed E-state index contributed by atoms with van der Waals surface area (Å²) in [6.45, 7) is 3.79. The first-order valence-corrected chi connectivity index (χ1v) is 5.44. The van der Waals surface area contributed by atoms with Crippen LogP contribution in [0.1, 0.15) is 25.8 Å². The van der Waals surface area contributed by atoms with Crippen molar-refractivity contribution in [3.8, 4) is 6.07 Å². The summed E-state index contributed by atoms with van der Waals surface area (Å²) in [5, 5.41) is 11.5. The Morgan fingerprint density at radius 2 is 2.19 bits per heavy atom. The zero-order chi connectivity index (χ0) is 12.0. The summed E-state index contributed by atoms with van der Waals surface area (Å²) in [5.41, 5.74) is 1.96. The van der Waals surface area contributed by atoms with Gasteiger partial charge in [-0.15, -0.1) is 0 Å². The number of hydrogen-bond donors (Lipinski definition) is 1. The SMILES string of the molecule is CCc1ccccc1NC(=O)CC(C)C#N. The smallest absolute Gasteiger partial charge is 0.225 e. The topological polar surface area (TPSA) is 52.9 Å². The number of nitrogens with one attached hydrogen (secondary N) is 1.